The number of ether oxygens (including phenoxy) is 1. The highest BCUT2D eigenvalue weighted by molar-refractivity contribution is 5.81. The third kappa shape index (κ3) is 3.84. The van der Waals surface area contributed by atoms with Gasteiger partial charge in [0.1, 0.15) is 6.10 Å². The lowest BCUT2D eigenvalue weighted by atomic mass is 10.1. The SMILES string of the molecule is NC[C@H]1CC[C@@H](C(=O)N2CCN(CC(F)F)CC2)O1. The molecule has 2 atom stereocenters. The van der Waals surface area contributed by atoms with Crippen LogP contribution >= 0.6 is 0 Å². The first kappa shape index (κ1) is 14.6. The normalized spacial score (nSPS) is 29.2. The van der Waals surface area contributed by atoms with Gasteiger partial charge in [-0.15, -0.1) is 0 Å². The van der Waals surface area contributed by atoms with E-state index >= 15 is 0 Å². The Morgan fingerprint density at radius 2 is 1.95 bits per heavy atom. The molecule has 2 heterocycles. The van der Waals surface area contributed by atoms with Crippen LogP contribution in [-0.2, 0) is 9.53 Å². The first-order valence-electron chi connectivity index (χ1n) is 6.75. The van der Waals surface area contributed by atoms with E-state index in [4.69, 9.17) is 10.5 Å². The summed E-state index contributed by atoms with van der Waals surface area (Å²) in [5.41, 5.74) is 5.51. The smallest absolute Gasteiger partial charge is 0.251 e. The predicted octanol–water partition coefficient (Wildman–Crippen LogP) is -0.0980. The Morgan fingerprint density at radius 3 is 2.47 bits per heavy atom. The summed E-state index contributed by atoms with van der Waals surface area (Å²) < 4.78 is 30.1. The standard InChI is InChI=1S/C12H21F2N3O2/c13-11(14)8-16-3-5-17(6-4-16)12(18)10-2-1-9(7-15)19-10/h9-11H,1-8,15H2/t9-,10+/m1/s1. The number of amides is 1. The molecular formula is C12H21F2N3O2. The average molecular weight is 277 g/mol. The molecule has 7 heteroatoms. The van der Waals surface area contributed by atoms with Crippen molar-refractivity contribution in [2.45, 2.75) is 31.5 Å². The fourth-order valence-electron chi connectivity index (χ4n) is 2.61. The minimum Gasteiger partial charge on any atom is -0.364 e. The summed E-state index contributed by atoms with van der Waals surface area (Å²) >= 11 is 0. The molecule has 0 aromatic carbocycles. The number of hydrogen-bond acceptors (Lipinski definition) is 4. The third-order valence-corrected chi connectivity index (χ3v) is 3.73. The molecule has 0 aromatic heterocycles. The maximum absolute atomic E-state index is 12.2. The first-order valence-corrected chi connectivity index (χ1v) is 6.75. The van der Waals surface area contributed by atoms with Crippen molar-refractivity contribution in [3.8, 4) is 0 Å². The van der Waals surface area contributed by atoms with Gasteiger partial charge < -0.3 is 15.4 Å². The summed E-state index contributed by atoms with van der Waals surface area (Å²) in [6.45, 7) is 2.23. The van der Waals surface area contributed by atoms with Crippen LogP contribution in [0.15, 0.2) is 0 Å². The van der Waals surface area contributed by atoms with E-state index in [-0.39, 0.29) is 18.6 Å². The molecule has 2 fully saturated rings. The zero-order valence-corrected chi connectivity index (χ0v) is 10.9. The molecule has 0 saturated carbocycles. The van der Waals surface area contributed by atoms with Gasteiger partial charge in [0.05, 0.1) is 12.6 Å². The van der Waals surface area contributed by atoms with Crippen molar-refractivity contribution in [1.29, 1.82) is 0 Å². The number of nitrogens with zero attached hydrogens (tertiary/aromatic N) is 2. The molecule has 0 unspecified atom stereocenters. The summed E-state index contributed by atoms with van der Waals surface area (Å²) in [7, 11) is 0. The van der Waals surface area contributed by atoms with Gasteiger partial charge in [-0.3, -0.25) is 9.69 Å². The highest BCUT2D eigenvalue weighted by atomic mass is 19.3. The Balaban J connectivity index is 1.76. The summed E-state index contributed by atoms with van der Waals surface area (Å²) in [6, 6.07) is 0. The Labute approximate surface area is 111 Å². The molecule has 2 aliphatic rings. The summed E-state index contributed by atoms with van der Waals surface area (Å²) in [5.74, 6) is -0.0207. The van der Waals surface area contributed by atoms with Crippen molar-refractivity contribution in [2.24, 2.45) is 5.73 Å². The van der Waals surface area contributed by atoms with Gasteiger partial charge in [-0.25, -0.2) is 8.78 Å². The monoisotopic (exact) mass is 277 g/mol. The molecule has 0 aliphatic carbocycles. The fraction of sp³-hybridized carbons (Fsp3) is 0.917. The lowest BCUT2D eigenvalue weighted by Gasteiger charge is -2.35. The Hall–Kier alpha value is -0.790. The molecule has 0 aromatic rings. The van der Waals surface area contributed by atoms with Crippen molar-refractivity contribution in [3.63, 3.8) is 0 Å². The van der Waals surface area contributed by atoms with Crippen molar-refractivity contribution in [2.75, 3.05) is 39.3 Å². The highest BCUT2D eigenvalue weighted by Crippen LogP contribution is 2.21. The van der Waals surface area contributed by atoms with Crippen LogP contribution in [-0.4, -0.2) is 73.6 Å². The second kappa shape index (κ2) is 6.58. The number of carbonyl (C=O) groups excluding carboxylic acids is 1. The van der Waals surface area contributed by atoms with Gasteiger partial charge in [0.15, 0.2) is 0 Å². The van der Waals surface area contributed by atoms with Crippen molar-refractivity contribution >= 4 is 5.91 Å². The number of hydrogen-bond donors (Lipinski definition) is 1. The molecule has 2 saturated heterocycles. The number of piperazine rings is 1. The minimum atomic E-state index is -2.31. The van der Waals surface area contributed by atoms with Crippen molar-refractivity contribution in [1.82, 2.24) is 9.80 Å². The lowest BCUT2D eigenvalue weighted by molar-refractivity contribution is -0.144. The van der Waals surface area contributed by atoms with E-state index in [2.05, 4.69) is 0 Å². The maximum atomic E-state index is 12.2. The van der Waals surface area contributed by atoms with Gasteiger partial charge in [-0.05, 0) is 12.8 Å². The predicted molar refractivity (Wildman–Crippen MR) is 66.0 cm³/mol. The minimum absolute atomic E-state index is 0.0194. The van der Waals surface area contributed by atoms with Crippen LogP contribution in [0.4, 0.5) is 8.78 Å². The van der Waals surface area contributed by atoms with Gasteiger partial charge in [-0.1, -0.05) is 0 Å². The average Bonchev–Trinajstić information content (AvgIpc) is 2.87. The van der Waals surface area contributed by atoms with Crippen molar-refractivity contribution in [3.05, 3.63) is 0 Å². The Morgan fingerprint density at radius 1 is 1.26 bits per heavy atom. The van der Waals surface area contributed by atoms with E-state index in [0.29, 0.717) is 39.1 Å². The molecule has 0 spiro atoms. The molecule has 0 radical (unpaired) electrons. The number of alkyl halides is 2. The molecule has 2 rings (SSSR count). The van der Waals surface area contributed by atoms with E-state index in [9.17, 15) is 13.6 Å². The second-order valence-electron chi connectivity index (χ2n) is 5.08. The molecular weight excluding hydrogens is 256 g/mol. The number of rotatable bonds is 4. The topological polar surface area (TPSA) is 58.8 Å². The summed E-state index contributed by atoms with van der Waals surface area (Å²) in [6.07, 6.45) is -1.20. The zero-order chi connectivity index (χ0) is 13.8. The summed E-state index contributed by atoms with van der Waals surface area (Å²) in [5, 5.41) is 0. The lowest BCUT2D eigenvalue weighted by Crippen LogP contribution is -2.52. The zero-order valence-electron chi connectivity index (χ0n) is 10.9. The largest absolute Gasteiger partial charge is 0.364 e. The van der Waals surface area contributed by atoms with Gasteiger partial charge in [-0.2, -0.15) is 0 Å². The van der Waals surface area contributed by atoms with Crippen molar-refractivity contribution < 1.29 is 18.3 Å². The molecule has 2 N–H and O–H groups in total. The second-order valence-corrected chi connectivity index (χ2v) is 5.08. The van der Waals surface area contributed by atoms with Crippen LogP contribution in [0.2, 0.25) is 0 Å². The molecule has 110 valence electrons. The quantitative estimate of drug-likeness (QED) is 0.780. The van der Waals surface area contributed by atoms with E-state index in [0.717, 1.165) is 6.42 Å². The van der Waals surface area contributed by atoms with E-state index < -0.39 is 12.5 Å². The summed E-state index contributed by atoms with van der Waals surface area (Å²) in [4.78, 5) is 15.6. The molecule has 19 heavy (non-hydrogen) atoms. The van der Waals surface area contributed by atoms with Crippen LogP contribution in [0.3, 0.4) is 0 Å². The van der Waals surface area contributed by atoms with E-state index in [1.807, 2.05) is 0 Å². The van der Waals surface area contributed by atoms with Crippen LogP contribution in [0, 0.1) is 0 Å². The van der Waals surface area contributed by atoms with Gasteiger partial charge >= 0.3 is 0 Å². The first-order chi connectivity index (χ1) is 9.10. The van der Waals surface area contributed by atoms with Crippen LogP contribution in [0.1, 0.15) is 12.8 Å². The van der Waals surface area contributed by atoms with Gasteiger partial charge in [0.25, 0.3) is 12.3 Å². The number of carbonyl (C=O) groups is 1. The molecule has 5 nitrogen and oxygen atoms in total. The third-order valence-electron chi connectivity index (χ3n) is 3.73. The number of nitrogens with two attached hydrogens (primary N) is 1. The van der Waals surface area contributed by atoms with E-state index in [1.165, 1.54) is 0 Å². The van der Waals surface area contributed by atoms with Crippen LogP contribution in [0.25, 0.3) is 0 Å². The highest BCUT2D eigenvalue weighted by Gasteiger charge is 2.34. The van der Waals surface area contributed by atoms with Crippen LogP contribution in [0.5, 0.6) is 0 Å². The van der Waals surface area contributed by atoms with Gasteiger partial charge in [0.2, 0.25) is 0 Å². The maximum Gasteiger partial charge on any atom is 0.251 e. The molecule has 2 aliphatic heterocycles. The Kier molecular flexibility index (Phi) is 5.06. The molecule has 0 bridgehead atoms. The molecule has 1 amide bonds. The van der Waals surface area contributed by atoms with E-state index in [1.54, 1.807) is 9.80 Å². The van der Waals surface area contributed by atoms with Gasteiger partial charge in [0, 0.05) is 32.7 Å². The number of halogens is 2. The van der Waals surface area contributed by atoms with Crippen LogP contribution < -0.4 is 5.73 Å². The fourth-order valence-corrected chi connectivity index (χ4v) is 2.61. The Bertz CT molecular complexity index is 309.